The van der Waals surface area contributed by atoms with Crippen molar-refractivity contribution in [3.63, 3.8) is 0 Å². The van der Waals surface area contributed by atoms with Gasteiger partial charge in [-0.3, -0.25) is 0 Å². The van der Waals surface area contributed by atoms with Crippen LogP contribution in [-0.2, 0) is 28.0 Å². The van der Waals surface area contributed by atoms with Crippen LogP contribution in [0.4, 0.5) is 0 Å². The third-order valence-corrected chi connectivity index (χ3v) is 7.11. The van der Waals surface area contributed by atoms with E-state index in [9.17, 15) is 13.2 Å². The number of carbonyl (C=O) groups is 1. The molecule has 0 saturated carbocycles. The van der Waals surface area contributed by atoms with Gasteiger partial charge in [-0.25, -0.2) is 8.42 Å². The van der Waals surface area contributed by atoms with Gasteiger partial charge in [-0.2, -0.15) is 0 Å². The molecule has 0 fully saturated rings. The molecule has 3 aromatic carbocycles. The molecule has 0 atom stereocenters. The van der Waals surface area contributed by atoms with Crippen LogP contribution in [0.25, 0.3) is 4.72 Å². The average Bonchev–Trinajstić information content (AvgIpc) is 2.73. The number of amides is 1. The zero-order valence-corrected chi connectivity index (χ0v) is 24.0. The molecule has 0 N–H and O–H groups in total. The van der Waals surface area contributed by atoms with Crippen molar-refractivity contribution in [2.45, 2.75) is 37.9 Å². The summed E-state index contributed by atoms with van der Waals surface area (Å²) in [5.41, 5.74) is 3.00. The summed E-state index contributed by atoms with van der Waals surface area (Å²) in [4.78, 5) is 12.2. The van der Waals surface area contributed by atoms with Gasteiger partial charge < -0.3 is 14.3 Å². The Morgan fingerprint density at radius 1 is 0.882 bits per heavy atom. The summed E-state index contributed by atoms with van der Waals surface area (Å²) >= 11 is 17.9. The molecule has 0 heterocycles. The van der Waals surface area contributed by atoms with Crippen LogP contribution in [0.1, 0.15) is 46.8 Å². The van der Waals surface area contributed by atoms with Crippen LogP contribution in [0.3, 0.4) is 0 Å². The molecule has 0 aliphatic carbocycles. The van der Waals surface area contributed by atoms with E-state index in [0.717, 1.165) is 11.1 Å². The Bertz CT molecular complexity index is 1270. The van der Waals surface area contributed by atoms with Gasteiger partial charge in [0.15, 0.2) is 0 Å². The van der Waals surface area contributed by atoms with Gasteiger partial charge in [0.05, 0.1) is 34.1 Å². The Morgan fingerprint density at radius 3 is 2.09 bits per heavy atom. The fourth-order valence-electron chi connectivity index (χ4n) is 3.00. The Hall–Kier alpha value is -1.09. The summed E-state index contributed by atoms with van der Waals surface area (Å²) in [7, 11) is -4.33. The maximum atomic E-state index is 12.5. The third kappa shape index (κ3) is 7.70. The molecular formula is C24H21Cl3NNaO4S. The monoisotopic (exact) mass is 547 g/mol. The van der Waals surface area contributed by atoms with E-state index in [1.807, 2.05) is 12.1 Å². The molecule has 0 radical (unpaired) electrons. The van der Waals surface area contributed by atoms with Gasteiger partial charge in [-0.05, 0) is 46.9 Å². The van der Waals surface area contributed by atoms with Crippen molar-refractivity contribution in [3.05, 3.63) is 103 Å². The smallest absolute Gasteiger partial charge is 0.537 e. The van der Waals surface area contributed by atoms with Crippen molar-refractivity contribution in [1.82, 2.24) is 0 Å². The largest absolute Gasteiger partial charge is 1.00 e. The van der Waals surface area contributed by atoms with Crippen molar-refractivity contribution in [2.75, 3.05) is 0 Å². The second kappa shape index (κ2) is 12.7. The van der Waals surface area contributed by atoms with Crippen LogP contribution in [0, 0.1) is 0 Å². The van der Waals surface area contributed by atoms with E-state index in [4.69, 9.17) is 39.5 Å². The van der Waals surface area contributed by atoms with Crippen LogP contribution in [0.5, 0.6) is 0 Å². The van der Waals surface area contributed by atoms with E-state index < -0.39 is 15.9 Å². The molecule has 0 spiro atoms. The Morgan fingerprint density at radius 2 is 1.50 bits per heavy atom. The number of ether oxygens (including phenoxy) is 1. The molecular weight excluding hydrogens is 528 g/mol. The predicted molar refractivity (Wildman–Crippen MR) is 132 cm³/mol. The van der Waals surface area contributed by atoms with E-state index in [-0.39, 0.29) is 61.7 Å². The number of halogens is 3. The minimum atomic E-state index is -4.33. The molecule has 34 heavy (non-hydrogen) atoms. The molecule has 0 saturated heterocycles. The topological polar surface area (TPSA) is 74.5 Å². The molecule has 3 aromatic rings. The number of hydrogen-bond donors (Lipinski definition) is 0. The molecule has 0 bridgehead atoms. The van der Waals surface area contributed by atoms with Crippen LogP contribution < -0.4 is 29.6 Å². The van der Waals surface area contributed by atoms with Crippen molar-refractivity contribution in [3.8, 4) is 0 Å². The van der Waals surface area contributed by atoms with Crippen LogP contribution in [-0.4, -0.2) is 14.3 Å². The second-order valence-electron chi connectivity index (χ2n) is 7.65. The molecule has 1 amide bonds. The van der Waals surface area contributed by atoms with Crippen molar-refractivity contribution in [1.29, 1.82) is 0 Å². The second-order valence-corrected chi connectivity index (χ2v) is 10.5. The van der Waals surface area contributed by atoms with E-state index in [2.05, 4.69) is 30.7 Å². The number of sulfonamides is 1. The van der Waals surface area contributed by atoms with E-state index in [0.29, 0.717) is 12.5 Å². The van der Waals surface area contributed by atoms with Crippen molar-refractivity contribution >= 4 is 50.7 Å². The molecule has 0 aliphatic rings. The van der Waals surface area contributed by atoms with E-state index in [1.54, 1.807) is 12.1 Å². The number of hydrogen-bond acceptors (Lipinski definition) is 4. The van der Waals surface area contributed by atoms with E-state index >= 15 is 0 Å². The average molecular weight is 549 g/mol. The van der Waals surface area contributed by atoms with Crippen molar-refractivity contribution in [2.24, 2.45) is 0 Å². The van der Waals surface area contributed by atoms with Crippen molar-refractivity contribution < 1.29 is 47.5 Å². The first kappa shape index (κ1) is 29.1. The van der Waals surface area contributed by atoms with Gasteiger partial charge >= 0.3 is 29.6 Å². The summed E-state index contributed by atoms with van der Waals surface area (Å²) in [6.45, 7) is 4.97. The quantitative estimate of drug-likeness (QED) is 0.391. The minimum absolute atomic E-state index is 0. The van der Waals surface area contributed by atoms with Gasteiger partial charge in [0.1, 0.15) is 10.0 Å². The zero-order valence-electron chi connectivity index (χ0n) is 18.9. The molecule has 174 valence electrons. The van der Waals surface area contributed by atoms with Crippen LogP contribution in [0.15, 0.2) is 65.6 Å². The Kier molecular flexibility index (Phi) is 10.9. The fourth-order valence-corrected chi connectivity index (χ4v) is 4.94. The van der Waals surface area contributed by atoms with Crippen LogP contribution >= 0.6 is 34.8 Å². The minimum Gasteiger partial charge on any atom is -0.537 e. The number of carbonyl (C=O) groups excluding carboxylic acids is 1. The molecule has 0 unspecified atom stereocenters. The first-order valence-electron chi connectivity index (χ1n) is 9.99. The first-order valence-corrected chi connectivity index (χ1v) is 12.6. The van der Waals surface area contributed by atoms with Gasteiger partial charge in [0.2, 0.25) is 0 Å². The van der Waals surface area contributed by atoms with Crippen LogP contribution in [0.2, 0.25) is 15.1 Å². The summed E-state index contributed by atoms with van der Waals surface area (Å²) < 4.78 is 34.0. The van der Waals surface area contributed by atoms with Gasteiger partial charge in [-0.1, -0.05) is 85.0 Å². The predicted octanol–water partition coefficient (Wildman–Crippen LogP) is 4.39. The number of nitrogens with zero attached hydrogens (tertiary/aromatic N) is 1. The summed E-state index contributed by atoms with van der Waals surface area (Å²) in [6.07, 6.45) is 0. The van der Waals surface area contributed by atoms with E-state index in [1.165, 1.54) is 29.8 Å². The third-order valence-electron chi connectivity index (χ3n) is 4.82. The summed E-state index contributed by atoms with van der Waals surface area (Å²) in [6, 6.07) is 16.6. The molecule has 0 aromatic heterocycles. The maximum absolute atomic E-state index is 12.5. The first-order chi connectivity index (χ1) is 15.6. The standard InChI is InChI=1S/C24H22Cl3NO4S.Na/c1-15(2)18-6-3-16(4-7-18)13-32-14-17-5-9-20(21(26)11-17)24(29)28-33(30,31)23-10-8-19(25)12-22(23)27;/h3-12,15H,13-14H2,1-2H3,(H,28,29);/q;+1/p-1. The Balaban J connectivity index is 0.00000408. The molecule has 0 aliphatic heterocycles. The zero-order chi connectivity index (χ0) is 24.2. The fraction of sp³-hybridized carbons (Fsp3) is 0.208. The normalized spacial score (nSPS) is 11.2. The molecule has 3 rings (SSSR count). The summed E-state index contributed by atoms with van der Waals surface area (Å²) in [5, 5.41) is 0.207. The van der Waals surface area contributed by atoms with Gasteiger partial charge in [0, 0.05) is 10.6 Å². The number of rotatable bonds is 8. The Labute approximate surface area is 237 Å². The molecule has 5 nitrogen and oxygen atoms in total. The molecule has 10 heteroatoms. The summed E-state index contributed by atoms with van der Waals surface area (Å²) in [5.74, 6) is -0.531. The SMILES string of the molecule is CC(C)c1ccc(COCc2ccc(C(=O)[N-]S(=O)(=O)c3ccc(Cl)cc3Cl)c(Cl)c2)cc1.[Na+]. The van der Waals surface area contributed by atoms with Gasteiger partial charge in [-0.15, -0.1) is 0 Å². The van der Waals surface area contributed by atoms with Gasteiger partial charge in [0.25, 0.3) is 0 Å². The maximum Gasteiger partial charge on any atom is 1.00 e. The number of benzene rings is 3.